The third-order valence-electron chi connectivity index (χ3n) is 3.62. The number of furan rings is 1. The summed E-state index contributed by atoms with van der Waals surface area (Å²) in [6.45, 7) is 0. The maximum Gasteiger partial charge on any atom is 0.291 e. The lowest BCUT2D eigenvalue weighted by Gasteiger charge is -2.05. The van der Waals surface area contributed by atoms with Gasteiger partial charge in [-0.2, -0.15) is 5.10 Å². The molecular weight excluding hydrogens is 341 g/mol. The van der Waals surface area contributed by atoms with Crippen LogP contribution in [0.4, 0.5) is 10.1 Å². The molecule has 0 aliphatic heterocycles. The van der Waals surface area contributed by atoms with Crippen molar-refractivity contribution in [2.45, 2.75) is 0 Å². The van der Waals surface area contributed by atoms with E-state index in [1.165, 1.54) is 18.4 Å². The number of halogens is 1. The molecule has 0 aliphatic rings. The first-order chi connectivity index (χ1) is 12.2. The summed E-state index contributed by atoms with van der Waals surface area (Å²) in [6.07, 6.45) is 5.17. The molecule has 2 N–H and O–H groups in total. The molecule has 0 bridgehead atoms. The second-order valence-electron chi connectivity index (χ2n) is 5.27. The van der Waals surface area contributed by atoms with Crippen LogP contribution in [0, 0.1) is 5.82 Å². The normalized spacial score (nSPS) is 11.4. The fourth-order valence-corrected chi connectivity index (χ4v) is 3.04. The van der Waals surface area contributed by atoms with Gasteiger partial charge in [-0.05, 0) is 41.8 Å². The van der Waals surface area contributed by atoms with E-state index in [4.69, 9.17) is 4.42 Å². The van der Waals surface area contributed by atoms with E-state index < -0.39 is 11.7 Å². The van der Waals surface area contributed by atoms with Gasteiger partial charge in [0, 0.05) is 16.3 Å². The summed E-state index contributed by atoms with van der Waals surface area (Å²) in [4.78, 5) is 13.1. The first-order valence-corrected chi connectivity index (χ1v) is 8.33. The topological polar surface area (TPSA) is 70.9 Å². The van der Waals surface area contributed by atoms with Gasteiger partial charge in [-0.1, -0.05) is 6.07 Å². The van der Waals surface area contributed by atoms with Gasteiger partial charge in [0.15, 0.2) is 5.76 Å². The highest BCUT2D eigenvalue weighted by atomic mass is 32.1. The molecule has 3 heterocycles. The first kappa shape index (κ1) is 15.3. The number of hydrogen-bond acceptors (Lipinski definition) is 4. The Labute approximate surface area is 145 Å². The number of carbonyl (C=O) groups is 1. The van der Waals surface area contributed by atoms with E-state index in [9.17, 15) is 9.18 Å². The van der Waals surface area contributed by atoms with Gasteiger partial charge in [0.1, 0.15) is 5.82 Å². The Morgan fingerprint density at radius 2 is 2.20 bits per heavy atom. The van der Waals surface area contributed by atoms with Gasteiger partial charge < -0.3 is 9.73 Å². The number of fused-ring (bicyclic) bond motifs is 1. The van der Waals surface area contributed by atoms with Crippen LogP contribution < -0.4 is 5.32 Å². The van der Waals surface area contributed by atoms with Crippen molar-refractivity contribution in [3.63, 3.8) is 0 Å². The van der Waals surface area contributed by atoms with Crippen LogP contribution in [0.15, 0.2) is 52.5 Å². The second kappa shape index (κ2) is 6.37. The maximum absolute atomic E-state index is 14.2. The highest BCUT2D eigenvalue weighted by Gasteiger charge is 2.14. The number of aromatic amines is 1. The van der Waals surface area contributed by atoms with Crippen molar-refractivity contribution in [3.05, 3.63) is 70.2 Å². The molecule has 5 nitrogen and oxygen atoms in total. The van der Waals surface area contributed by atoms with E-state index in [1.807, 2.05) is 29.7 Å². The van der Waals surface area contributed by atoms with Crippen molar-refractivity contribution in [1.82, 2.24) is 10.2 Å². The quantitative estimate of drug-likeness (QED) is 0.555. The van der Waals surface area contributed by atoms with E-state index in [0.717, 1.165) is 4.88 Å². The Morgan fingerprint density at radius 1 is 1.28 bits per heavy atom. The number of benzene rings is 1. The van der Waals surface area contributed by atoms with Crippen LogP contribution in [0.25, 0.3) is 23.1 Å². The average Bonchev–Trinajstić information content (AvgIpc) is 3.35. The molecule has 0 radical (unpaired) electrons. The van der Waals surface area contributed by atoms with E-state index in [2.05, 4.69) is 15.5 Å². The van der Waals surface area contributed by atoms with Gasteiger partial charge in [-0.15, -0.1) is 11.3 Å². The van der Waals surface area contributed by atoms with Crippen LogP contribution in [0.5, 0.6) is 0 Å². The molecule has 0 atom stereocenters. The van der Waals surface area contributed by atoms with Crippen molar-refractivity contribution >= 4 is 46.0 Å². The summed E-state index contributed by atoms with van der Waals surface area (Å²) in [7, 11) is 0. The average molecular weight is 353 g/mol. The molecule has 4 rings (SSSR count). The summed E-state index contributed by atoms with van der Waals surface area (Å²) in [5.74, 6) is -0.947. The predicted molar refractivity (Wildman–Crippen MR) is 96.0 cm³/mol. The van der Waals surface area contributed by atoms with E-state index in [-0.39, 0.29) is 11.4 Å². The molecule has 0 fully saturated rings. The lowest BCUT2D eigenvalue weighted by Crippen LogP contribution is -2.12. The predicted octanol–water partition coefficient (Wildman–Crippen LogP) is 4.78. The minimum atomic E-state index is -0.551. The van der Waals surface area contributed by atoms with Crippen molar-refractivity contribution in [3.8, 4) is 0 Å². The fourth-order valence-electron chi connectivity index (χ4n) is 2.42. The molecule has 0 saturated heterocycles. The van der Waals surface area contributed by atoms with Crippen molar-refractivity contribution in [2.75, 3.05) is 5.32 Å². The van der Waals surface area contributed by atoms with Crippen molar-refractivity contribution < 1.29 is 13.6 Å². The maximum atomic E-state index is 14.2. The number of thiophene rings is 1. The molecule has 1 aromatic carbocycles. The van der Waals surface area contributed by atoms with Gasteiger partial charge in [0.2, 0.25) is 0 Å². The second-order valence-corrected chi connectivity index (χ2v) is 6.25. The van der Waals surface area contributed by atoms with Crippen LogP contribution in [-0.4, -0.2) is 16.1 Å². The van der Waals surface area contributed by atoms with E-state index in [0.29, 0.717) is 16.6 Å². The Balaban J connectivity index is 1.67. The van der Waals surface area contributed by atoms with Crippen LogP contribution in [0.2, 0.25) is 0 Å². The molecule has 4 aromatic rings. The first-order valence-electron chi connectivity index (χ1n) is 7.45. The van der Waals surface area contributed by atoms with Gasteiger partial charge >= 0.3 is 0 Å². The summed E-state index contributed by atoms with van der Waals surface area (Å²) >= 11 is 1.61. The zero-order valence-electron chi connectivity index (χ0n) is 12.8. The van der Waals surface area contributed by atoms with Gasteiger partial charge in [-0.25, -0.2) is 4.39 Å². The molecule has 3 aromatic heterocycles. The standard InChI is InChI=1S/C18H12FN3O2S/c19-13-10-15-12(9-16(13)20-18(23)17-4-1-7-24-17)14(21-22-15)6-5-11-3-2-8-25-11/h1-10H,(H,20,23)(H,21,22)/b6-5+. The molecule has 25 heavy (non-hydrogen) atoms. The smallest absolute Gasteiger partial charge is 0.291 e. The van der Waals surface area contributed by atoms with Gasteiger partial charge in [0.05, 0.1) is 23.2 Å². The van der Waals surface area contributed by atoms with Gasteiger partial charge in [-0.3, -0.25) is 9.89 Å². The number of nitrogens with zero attached hydrogens (tertiary/aromatic N) is 1. The lowest BCUT2D eigenvalue weighted by molar-refractivity contribution is 0.0996. The summed E-state index contributed by atoms with van der Waals surface area (Å²) in [5, 5.41) is 12.2. The van der Waals surface area contributed by atoms with E-state index >= 15 is 0 Å². The number of hydrogen-bond donors (Lipinski definition) is 2. The summed E-state index contributed by atoms with van der Waals surface area (Å²) in [6, 6.07) is 9.93. The Hall–Kier alpha value is -3.19. The lowest BCUT2D eigenvalue weighted by atomic mass is 10.1. The molecule has 124 valence electrons. The Kier molecular flexibility index (Phi) is 3.91. The van der Waals surface area contributed by atoms with Gasteiger partial charge in [0.25, 0.3) is 5.91 Å². The number of H-pyrrole nitrogens is 1. The summed E-state index contributed by atoms with van der Waals surface area (Å²) < 4.78 is 19.3. The number of aromatic nitrogens is 2. The fraction of sp³-hybridized carbons (Fsp3) is 0. The zero-order valence-corrected chi connectivity index (χ0v) is 13.6. The third kappa shape index (κ3) is 3.09. The summed E-state index contributed by atoms with van der Waals surface area (Å²) in [5.41, 5.74) is 1.29. The number of anilines is 1. The van der Waals surface area contributed by atoms with Crippen molar-refractivity contribution in [1.29, 1.82) is 0 Å². The number of rotatable bonds is 4. The van der Waals surface area contributed by atoms with Crippen molar-refractivity contribution in [2.24, 2.45) is 0 Å². The SMILES string of the molecule is O=C(Nc1cc2c(/C=C/c3cccs3)n[nH]c2cc1F)c1ccco1. The number of nitrogens with one attached hydrogen (secondary N) is 2. The van der Waals surface area contributed by atoms with Crippen LogP contribution in [-0.2, 0) is 0 Å². The number of carbonyl (C=O) groups excluding carboxylic acids is 1. The molecule has 1 amide bonds. The molecule has 0 spiro atoms. The minimum Gasteiger partial charge on any atom is -0.459 e. The highest BCUT2D eigenvalue weighted by Crippen LogP contribution is 2.26. The Bertz CT molecular complexity index is 1050. The van der Waals surface area contributed by atoms with E-state index in [1.54, 1.807) is 23.5 Å². The Morgan fingerprint density at radius 3 is 2.96 bits per heavy atom. The largest absolute Gasteiger partial charge is 0.459 e. The number of amides is 1. The molecule has 0 aliphatic carbocycles. The van der Waals surface area contributed by atoms with Crippen LogP contribution in [0.1, 0.15) is 21.1 Å². The van der Waals surface area contributed by atoms with Crippen LogP contribution >= 0.6 is 11.3 Å². The molecule has 7 heteroatoms. The molecule has 0 unspecified atom stereocenters. The molecule has 0 saturated carbocycles. The monoisotopic (exact) mass is 353 g/mol. The zero-order chi connectivity index (χ0) is 17.2. The minimum absolute atomic E-state index is 0.0704. The highest BCUT2D eigenvalue weighted by molar-refractivity contribution is 7.10. The van der Waals surface area contributed by atoms with Crippen LogP contribution in [0.3, 0.4) is 0 Å². The molecular formula is C18H12FN3O2S. The third-order valence-corrected chi connectivity index (χ3v) is 4.46.